The van der Waals surface area contributed by atoms with Crippen LogP contribution in [0.25, 0.3) is 6.08 Å². The van der Waals surface area contributed by atoms with Gasteiger partial charge in [0.1, 0.15) is 5.60 Å². The van der Waals surface area contributed by atoms with Crippen molar-refractivity contribution in [3.63, 3.8) is 0 Å². The van der Waals surface area contributed by atoms with Gasteiger partial charge in [0.2, 0.25) is 5.82 Å². The molecule has 10 heteroatoms. The number of hydrogen-bond donors (Lipinski definition) is 0. The van der Waals surface area contributed by atoms with Crippen molar-refractivity contribution in [1.82, 2.24) is 0 Å². The number of carbonyl (C=O) groups is 3. The van der Waals surface area contributed by atoms with Crippen LogP contribution in [0.15, 0.2) is 30.3 Å². The number of rotatable bonds is 7. The average Bonchev–Trinajstić information content (AvgIpc) is 2.76. The maximum atomic E-state index is 14.5. The van der Waals surface area contributed by atoms with Gasteiger partial charge >= 0.3 is 11.9 Å². The minimum absolute atomic E-state index is 0.167. The zero-order chi connectivity index (χ0) is 25.8. The molecule has 2 aromatic carbocycles. The molecule has 0 unspecified atom stereocenters. The minimum atomic E-state index is -2.47. The molecular formula is C24H21F5O5. The van der Waals surface area contributed by atoms with E-state index >= 15 is 0 Å². The molecule has 5 nitrogen and oxygen atoms in total. The summed E-state index contributed by atoms with van der Waals surface area (Å²) >= 11 is 0. The van der Waals surface area contributed by atoms with Gasteiger partial charge in [0, 0.05) is 11.6 Å². The summed E-state index contributed by atoms with van der Waals surface area (Å²) in [6, 6.07) is 5.01. The number of carbonyl (C=O) groups excluding carboxylic acids is 3. The van der Waals surface area contributed by atoms with Crippen LogP contribution < -0.4 is 0 Å². The second-order valence-electron chi connectivity index (χ2n) is 8.02. The summed E-state index contributed by atoms with van der Waals surface area (Å²) in [5, 5.41) is 0. The summed E-state index contributed by atoms with van der Waals surface area (Å²) in [5.74, 6) is -17.5. The first-order valence-electron chi connectivity index (χ1n) is 10.0. The average molecular weight is 484 g/mol. The summed E-state index contributed by atoms with van der Waals surface area (Å²) in [4.78, 5) is 37.2. The van der Waals surface area contributed by atoms with Gasteiger partial charge in [0.15, 0.2) is 35.0 Å². The summed E-state index contributed by atoms with van der Waals surface area (Å²) < 4.78 is 79.9. The number of hydrogen-bond acceptors (Lipinski definition) is 5. The summed E-state index contributed by atoms with van der Waals surface area (Å²) in [5.41, 5.74) is -2.69. The van der Waals surface area contributed by atoms with Crippen molar-refractivity contribution in [2.24, 2.45) is 0 Å². The molecule has 182 valence electrons. The molecule has 0 aliphatic heterocycles. The van der Waals surface area contributed by atoms with E-state index in [1.165, 1.54) is 39.0 Å². The van der Waals surface area contributed by atoms with E-state index in [2.05, 4.69) is 0 Å². The Morgan fingerprint density at radius 2 is 1.38 bits per heavy atom. The lowest BCUT2D eigenvalue weighted by atomic mass is 9.89. The summed E-state index contributed by atoms with van der Waals surface area (Å²) in [6.45, 7) is 5.99. The van der Waals surface area contributed by atoms with E-state index in [0.717, 1.165) is 18.2 Å². The monoisotopic (exact) mass is 484 g/mol. The Morgan fingerprint density at radius 3 is 1.85 bits per heavy atom. The molecule has 0 aliphatic carbocycles. The van der Waals surface area contributed by atoms with Crippen molar-refractivity contribution in [3.05, 3.63) is 76.1 Å². The highest BCUT2D eigenvalue weighted by atomic mass is 19.2. The number of esters is 2. The fourth-order valence-corrected chi connectivity index (χ4v) is 2.87. The summed E-state index contributed by atoms with van der Waals surface area (Å²) in [6.07, 6.45) is 2.49. The van der Waals surface area contributed by atoms with Gasteiger partial charge < -0.3 is 9.47 Å². The van der Waals surface area contributed by atoms with Gasteiger partial charge in [-0.05, 0) is 39.3 Å². The van der Waals surface area contributed by atoms with Crippen LogP contribution in [-0.2, 0) is 19.1 Å². The van der Waals surface area contributed by atoms with Crippen LogP contribution >= 0.6 is 0 Å². The fourth-order valence-electron chi connectivity index (χ4n) is 2.87. The largest absolute Gasteiger partial charge is 0.463 e. The third kappa shape index (κ3) is 6.06. The molecule has 2 rings (SSSR count). The molecule has 0 spiro atoms. The number of halogens is 5. The molecule has 0 saturated carbocycles. The van der Waals surface area contributed by atoms with Crippen LogP contribution in [0, 0.1) is 29.1 Å². The first-order chi connectivity index (χ1) is 15.8. The Balaban J connectivity index is 2.55. The van der Waals surface area contributed by atoms with E-state index in [4.69, 9.17) is 9.47 Å². The van der Waals surface area contributed by atoms with Gasteiger partial charge in [-0.25, -0.2) is 26.7 Å². The number of Topliss-reactive ketones (excluding diaryl/α,β-unsaturated/α-hetero) is 1. The molecule has 1 atom stereocenters. The number of benzene rings is 2. The standard InChI is InChI=1S/C24H21F5O5/c1-5-33-14(30)11-8-12-6-9-13(10-7-12)22(31)16(23(32)34-24(2,3)4)15-17(25)19(27)21(29)20(28)18(15)26/h6-11,16H,5H2,1-4H3/b11-8+/t16-/m0/s1. The maximum absolute atomic E-state index is 14.5. The van der Waals surface area contributed by atoms with Gasteiger partial charge in [-0.3, -0.25) is 9.59 Å². The molecule has 0 saturated heterocycles. The normalized spacial score (nSPS) is 12.5. The van der Waals surface area contributed by atoms with Crippen LogP contribution in [0.3, 0.4) is 0 Å². The second kappa shape index (κ2) is 10.6. The highest BCUT2D eigenvalue weighted by Gasteiger charge is 2.41. The van der Waals surface area contributed by atoms with Crippen LogP contribution in [0.2, 0.25) is 0 Å². The van der Waals surface area contributed by atoms with Crippen LogP contribution in [-0.4, -0.2) is 29.9 Å². The number of ketones is 1. The highest BCUT2D eigenvalue weighted by molar-refractivity contribution is 6.13. The molecule has 0 amide bonds. The molecule has 0 N–H and O–H groups in total. The van der Waals surface area contributed by atoms with Crippen molar-refractivity contribution < 1.29 is 45.8 Å². The second-order valence-corrected chi connectivity index (χ2v) is 8.02. The zero-order valence-electron chi connectivity index (χ0n) is 18.7. The van der Waals surface area contributed by atoms with E-state index < -0.39 is 63.9 Å². The molecule has 34 heavy (non-hydrogen) atoms. The predicted octanol–water partition coefficient (Wildman–Crippen LogP) is 5.27. The maximum Gasteiger partial charge on any atom is 0.330 e. The third-order valence-electron chi connectivity index (χ3n) is 4.33. The number of ether oxygens (including phenoxy) is 2. The third-order valence-corrected chi connectivity index (χ3v) is 4.33. The predicted molar refractivity (Wildman–Crippen MR) is 111 cm³/mol. The van der Waals surface area contributed by atoms with Gasteiger partial charge in [-0.15, -0.1) is 0 Å². The van der Waals surface area contributed by atoms with Crippen molar-refractivity contribution in [2.75, 3.05) is 6.61 Å². The first kappa shape index (κ1) is 26.7. The Hall–Kier alpha value is -3.56. The lowest BCUT2D eigenvalue weighted by Gasteiger charge is -2.24. The SMILES string of the molecule is CCOC(=O)/C=C/c1ccc(C(=O)[C@@H](C(=O)OC(C)(C)C)c2c(F)c(F)c(F)c(F)c2F)cc1. The Bertz CT molecular complexity index is 1100. The summed E-state index contributed by atoms with van der Waals surface area (Å²) in [7, 11) is 0. The van der Waals surface area contributed by atoms with E-state index in [0.29, 0.717) is 5.56 Å². The molecule has 0 aromatic heterocycles. The fraction of sp³-hybridized carbons (Fsp3) is 0.292. The first-order valence-corrected chi connectivity index (χ1v) is 10.0. The van der Waals surface area contributed by atoms with Crippen molar-refractivity contribution in [3.8, 4) is 0 Å². The topological polar surface area (TPSA) is 69.7 Å². The minimum Gasteiger partial charge on any atom is -0.463 e. The van der Waals surface area contributed by atoms with E-state index in [-0.39, 0.29) is 12.2 Å². The molecule has 0 heterocycles. The van der Waals surface area contributed by atoms with Crippen LogP contribution in [0.4, 0.5) is 22.0 Å². The molecular weight excluding hydrogens is 463 g/mol. The van der Waals surface area contributed by atoms with E-state index in [1.807, 2.05) is 0 Å². The highest BCUT2D eigenvalue weighted by Crippen LogP contribution is 2.33. The Morgan fingerprint density at radius 1 is 0.882 bits per heavy atom. The van der Waals surface area contributed by atoms with Crippen molar-refractivity contribution in [1.29, 1.82) is 0 Å². The van der Waals surface area contributed by atoms with Crippen LogP contribution in [0.5, 0.6) is 0 Å². The zero-order valence-corrected chi connectivity index (χ0v) is 18.7. The van der Waals surface area contributed by atoms with Gasteiger partial charge in [-0.1, -0.05) is 24.3 Å². The van der Waals surface area contributed by atoms with Gasteiger partial charge in [-0.2, -0.15) is 0 Å². The molecule has 2 aromatic rings. The molecule has 0 aliphatic rings. The molecule has 0 radical (unpaired) electrons. The van der Waals surface area contributed by atoms with Crippen molar-refractivity contribution >= 4 is 23.8 Å². The molecule has 0 fully saturated rings. The van der Waals surface area contributed by atoms with Gasteiger partial charge in [0.05, 0.1) is 12.2 Å². The Labute approximate surface area is 192 Å². The molecule has 0 bridgehead atoms. The van der Waals surface area contributed by atoms with E-state index in [1.54, 1.807) is 6.92 Å². The lowest BCUT2D eigenvalue weighted by Crippen LogP contribution is -2.33. The quantitative estimate of drug-likeness (QED) is 0.102. The van der Waals surface area contributed by atoms with E-state index in [9.17, 15) is 36.3 Å². The smallest absolute Gasteiger partial charge is 0.330 e. The Kier molecular flexibility index (Phi) is 8.31. The van der Waals surface area contributed by atoms with Gasteiger partial charge in [0.25, 0.3) is 0 Å². The van der Waals surface area contributed by atoms with Crippen LogP contribution in [0.1, 0.15) is 55.1 Å². The van der Waals surface area contributed by atoms with Crippen molar-refractivity contribution in [2.45, 2.75) is 39.2 Å². The lowest BCUT2D eigenvalue weighted by molar-refractivity contribution is -0.155.